The molecule has 5 rings (SSSR count). The van der Waals surface area contributed by atoms with Crippen LogP contribution in [0, 0.1) is 5.92 Å². The van der Waals surface area contributed by atoms with Crippen LogP contribution in [0.15, 0.2) is 50.6 Å². The first-order valence-electron chi connectivity index (χ1n) is 13.2. The number of likely N-dealkylation sites (tertiary alicyclic amines) is 1. The van der Waals surface area contributed by atoms with Crippen molar-refractivity contribution in [3.8, 4) is 17.3 Å². The van der Waals surface area contributed by atoms with Crippen molar-refractivity contribution in [1.29, 1.82) is 0 Å². The van der Waals surface area contributed by atoms with Crippen molar-refractivity contribution in [2.45, 2.75) is 32.9 Å². The molecule has 0 aliphatic carbocycles. The van der Waals surface area contributed by atoms with Crippen LogP contribution in [0.25, 0.3) is 5.82 Å². The summed E-state index contributed by atoms with van der Waals surface area (Å²) >= 11 is 9.61. The Morgan fingerprint density at radius 2 is 2.10 bits per heavy atom. The monoisotopic (exact) mass is 657 g/mol. The number of aromatic nitrogens is 5. The van der Waals surface area contributed by atoms with Gasteiger partial charge in [-0.15, -0.1) is 5.10 Å². The van der Waals surface area contributed by atoms with E-state index in [9.17, 15) is 4.79 Å². The second-order valence-electron chi connectivity index (χ2n) is 9.88. The van der Waals surface area contributed by atoms with E-state index in [-0.39, 0.29) is 17.3 Å². The molecule has 1 aliphatic heterocycles. The van der Waals surface area contributed by atoms with E-state index in [1.807, 2.05) is 18.2 Å². The van der Waals surface area contributed by atoms with Gasteiger partial charge in [0.15, 0.2) is 17.2 Å². The van der Waals surface area contributed by atoms with E-state index in [0.29, 0.717) is 51.3 Å². The van der Waals surface area contributed by atoms with Crippen LogP contribution in [0.4, 0.5) is 5.82 Å². The number of ether oxygens (including phenoxy) is 2. The molecule has 220 valence electrons. The number of anilines is 1. The Morgan fingerprint density at radius 1 is 1.29 bits per heavy atom. The van der Waals surface area contributed by atoms with Crippen LogP contribution in [-0.4, -0.2) is 62.5 Å². The van der Waals surface area contributed by atoms with E-state index in [1.54, 1.807) is 25.3 Å². The highest BCUT2D eigenvalue weighted by atomic mass is 79.9. The molecular weight excluding hydrogens is 630 g/mol. The van der Waals surface area contributed by atoms with Gasteiger partial charge in [-0.2, -0.15) is 9.78 Å². The largest absolute Gasteiger partial charge is 0.493 e. The van der Waals surface area contributed by atoms with Gasteiger partial charge in [0, 0.05) is 11.6 Å². The van der Waals surface area contributed by atoms with Gasteiger partial charge in [-0.1, -0.05) is 35.9 Å². The standard InChI is InChI=1S/C27H29BrClN9O4/c1-16-6-8-37(9-7-16)14-21-23(32-36-38(21)26-25(30)34-42-35-26)27(39)33-31-13-18-11-20(28)24(22(12-18)40-2)41-15-17-4-3-5-19(29)10-17/h3-5,10-13,16H,6-9,14-15H2,1-2H3,(H2,30,34)(H,33,39). The van der Waals surface area contributed by atoms with Crippen molar-refractivity contribution in [3.63, 3.8) is 0 Å². The molecule has 4 aromatic rings. The summed E-state index contributed by atoms with van der Waals surface area (Å²) in [5, 5.41) is 20.4. The molecule has 0 saturated carbocycles. The lowest BCUT2D eigenvalue weighted by molar-refractivity contribution is 0.0946. The number of halogens is 2. The number of benzene rings is 2. The quantitative estimate of drug-likeness (QED) is 0.187. The Labute approximate surface area is 255 Å². The predicted molar refractivity (Wildman–Crippen MR) is 159 cm³/mol. The number of methoxy groups -OCH3 is 1. The Kier molecular flexibility index (Phi) is 9.35. The summed E-state index contributed by atoms with van der Waals surface area (Å²) in [6.07, 6.45) is 3.61. The summed E-state index contributed by atoms with van der Waals surface area (Å²) in [6.45, 7) is 4.71. The van der Waals surface area contributed by atoms with E-state index in [0.717, 1.165) is 31.5 Å². The smallest absolute Gasteiger partial charge is 0.293 e. The lowest BCUT2D eigenvalue weighted by Gasteiger charge is -2.30. The third-order valence-corrected chi connectivity index (χ3v) is 7.65. The van der Waals surface area contributed by atoms with Crippen molar-refractivity contribution in [1.82, 2.24) is 35.6 Å². The molecular formula is C27H29BrClN9O4. The molecule has 2 aromatic heterocycles. The minimum absolute atomic E-state index is 0.0397. The number of piperidine rings is 1. The molecule has 1 fully saturated rings. The summed E-state index contributed by atoms with van der Waals surface area (Å²) in [5.74, 6) is 1.32. The lowest BCUT2D eigenvalue weighted by atomic mass is 9.99. The topological polar surface area (TPSA) is 159 Å². The van der Waals surface area contributed by atoms with Crippen LogP contribution in [-0.2, 0) is 13.2 Å². The molecule has 0 atom stereocenters. The Bertz CT molecular complexity index is 1580. The van der Waals surface area contributed by atoms with Gasteiger partial charge in [-0.25, -0.2) is 10.1 Å². The van der Waals surface area contributed by atoms with Gasteiger partial charge < -0.3 is 15.2 Å². The first-order chi connectivity index (χ1) is 20.3. The summed E-state index contributed by atoms with van der Waals surface area (Å²) < 4.78 is 18.3. The average molecular weight is 659 g/mol. The fourth-order valence-electron chi connectivity index (χ4n) is 4.51. The molecule has 0 radical (unpaired) electrons. The number of amides is 1. The molecule has 13 nitrogen and oxygen atoms in total. The highest BCUT2D eigenvalue weighted by Crippen LogP contribution is 2.37. The van der Waals surface area contributed by atoms with Gasteiger partial charge in [0.2, 0.25) is 11.6 Å². The minimum Gasteiger partial charge on any atom is -0.493 e. The van der Waals surface area contributed by atoms with Crippen molar-refractivity contribution in [3.05, 3.63) is 68.4 Å². The second kappa shape index (κ2) is 13.3. The van der Waals surface area contributed by atoms with E-state index in [4.69, 9.17) is 31.4 Å². The molecule has 0 bridgehead atoms. The number of hydrogen-bond donors (Lipinski definition) is 2. The number of rotatable bonds is 10. The molecule has 1 aliphatic rings. The molecule has 15 heteroatoms. The van der Waals surface area contributed by atoms with Crippen LogP contribution in [0.1, 0.15) is 47.1 Å². The predicted octanol–water partition coefficient (Wildman–Crippen LogP) is 4.23. The number of hydrogen-bond acceptors (Lipinski definition) is 11. The maximum Gasteiger partial charge on any atom is 0.293 e. The number of hydrazone groups is 1. The second-order valence-corrected chi connectivity index (χ2v) is 11.2. The Morgan fingerprint density at radius 3 is 2.81 bits per heavy atom. The molecule has 0 spiro atoms. The Hall–Kier alpha value is -4.01. The first kappa shape index (κ1) is 29.5. The summed E-state index contributed by atoms with van der Waals surface area (Å²) in [7, 11) is 1.54. The lowest BCUT2D eigenvalue weighted by Crippen LogP contribution is -2.34. The van der Waals surface area contributed by atoms with Crippen molar-refractivity contribution >= 4 is 45.5 Å². The molecule has 1 saturated heterocycles. The van der Waals surface area contributed by atoms with Crippen LogP contribution >= 0.6 is 27.5 Å². The van der Waals surface area contributed by atoms with Crippen LogP contribution in [0.2, 0.25) is 5.02 Å². The maximum absolute atomic E-state index is 13.2. The first-order valence-corrected chi connectivity index (χ1v) is 14.3. The zero-order valence-electron chi connectivity index (χ0n) is 23.0. The van der Waals surface area contributed by atoms with Crippen LogP contribution < -0.4 is 20.6 Å². The van der Waals surface area contributed by atoms with Gasteiger partial charge in [-0.3, -0.25) is 9.69 Å². The number of carbonyl (C=O) groups excluding carboxylic acids is 1. The summed E-state index contributed by atoms with van der Waals surface area (Å²) in [6, 6.07) is 11.0. The molecule has 3 N–H and O–H groups in total. The number of carbonyl (C=O) groups is 1. The fourth-order valence-corrected chi connectivity index (χ4v) is 5.30. The highest BCUT2D eigenvalue weighted by molar-refractivity contribution is 9.10. The summed E-state index contributed by atoms with van der Waals surface area (Å²) in [4.78, 5) is 15.4. The molecule has 1 amide bonds. The zero-order valence-corrected chi connectivity index (χ0v) is 25.3. The fraction of sp³-hybridized carbons (Fsp3) is 0.333. The van der Waals surface area contributed by atoms with Crippen molar-refractivity contribution < 1.29 is 18.9 Å². The molecule has 2 aromatic carbocycles. The highest BCUT2D eigenvalue weighted by Gasteiger charge is 2.27. The number of nitrogen functional groups attached to an aromatic ring is 1. The van der Waals surface area contributed by atoms with Crippen LogP contribution in [0.3, 0.4) is 0 Å². The average Bonchev–Trinajstić information content (AvgIpc) is 3.58. The van der Waals surface area contributed by atoms with Gasteiger partial charge in [0.1, 0.15) is 6.61 Å². The van der Waals surface area contributed by atoms with Crippen molar-refractivity contribution in [2.75, 3.05) is 25.9 Å². The van der Waals surface area contributed by atoms with Gasteiger partial charge in [-0.05, 0) is 93.5 Å². The number of nitrogens with two attached hydrogens (primary N) is 1. The zero-order chi connectivity index (χ0) is 29.6. The van der Waals surface area contributed by atoms with Gasteiger partial charge in [0.05, 0.1) is 23.5 Å². The van der Waals surface area contributed by atoms with E-state index < -0.39 is 5.91 Å². The minimum atomic E-state index is -0.541. The van der Waals surface area contributed by atoms with Crippen molar-refractivity contribution in [2.24, 2.45) is 11.0 Å². The third kappa shape index (κ3) is 6.89. The van der Waals surface area contributed by atoms with E-state index in [2.05, 4.69) is 58.9 Å². The van der Waals surface area contributed by atoms with Gasteiger partial charge >= 0.3 is 0 Å². The molecule has 42 heavy (non-hydrogen) atoms. The van der Waals surface area contributed by atoms with E-state index in [1.165, 1.54) is 10.9 Å². The number of nitrogens with zero attached hydrogens (tertiary/aromatic N) is 7. The molecule has 0 unspecified atom stereocenters. The van der Waals surface area contributed by atoms with Gasteiger partial charge in [0.25, 0.3) is 5.91 Å². The number of nitrogens with one attached hydrogen (secondary N) is 1. The summed E-state index contributed by atoms with van der Waals surface area (Å²) in [5.41, 5.74) is 10.6. The maximum atomic E-state index is 13.2. The SMILES string of the molecule is COc1cc(C=NNC(=O)c2nnn(-c3nonc3N)c2CN2CCC(C)CC2)cc(Br)c1OCc1cccc(Cl)c1. The third-order valence-electron chi connectivity index (χ3n) is 6.83. The normalized spacial score (nSPS) is 14.4. The van der Waals surface area contributed by atoms with E-state index >= 15 is 0 Å². The molecule has 3 heterocycles. The van der Waals surface area contributed by atoms with Crippen LogP contribution in [0.5, 0.6) is 11.5 Å². The Balaban J connectivity index is 1.31.